The maximum atomic E-state index is 12.7. The average molecular weight is 892 g/mol. The van der Waals surface area contributed by atoms with Crippen LogP contribution in [0.15, 0.2) is 34.2 Å². The fourth-order valence-corrected chi connectivity index (χ4v) is 10.5. The van der Waals surface area contributed by atoms with Crippen molar-refractivity contribution in [3.05, 3.63) is 40.4 Å². The highest BCUT2D eigenvalue weighted by atomic mass is 35.5. The maximum Gasteiger partial charge on any atom is 0.285 e. The van der Waals surface area contributed by atoms with E-state index in [4.69, 9.17) is 53.5 Å². The SMILES string of the molecule is CC1=C(c2ccc(Cl)cc2)S(=O)(=O)N=C1N1CCC(N2CCCCC2)CC1.NC[C@H]1O[C@H](O[C@H]2[C@H](O)[C@@H](O[C@H]3O[C@H](CO)[C@@H](O)[C@H](N)[C@H]3O)[C@H](N)C[C@@H]2N)[C@H](O)[C@@H](O)[C@@H]1O. The van der Waals surface area contributed by atoms with Crippen molar-refractivity contribution < 1.29 is 63.1 Å². The lowest BCUT2D eigenvalue weighted by molar-refractivity contribution is -0.332. The largest absolute Gasteiger partial charge is 0.394 e. The number of sulfonamides is 1. The number of halogens is 1. The average Bonchev–Trinajstić information content (AvgIpc) is 3.49. The van der Waals surface area contributed by atoms with Gasteiger partial charge in [-0.15, -0.1) is 4.40 Å². The van der Waals surface area contributed by atoms with Gasteiger partial charge < -0.3 is 87.4 Å². The molecule has 0 bridgehead atoms. The number of benzene rings is 1. The molecule has 0 amide bonds. The molecule has 5 aliphatic heterocycles. The van der Waals surface area contributed by atoms with Crippen LogP contribution in [0.5, 0.6) is 0 Å². The van der Waals surface area contributed by atoms with Crippen LogP contribution in [0, 0.1) is 0 Å². The highest BCUT2D eigenvalue weighted by molar-refractivity contribution is 8.00. The summed E-state index contributed by atoms with van der Waals surface area (Å²) < 4.78 is 51.7. The van der Waals surface area contributed by atoms with Gasteiger partial charge in [-0.05, 0) is 69.8 Å². The minimum atomic E-state index is -3.66. The van der Waals surface area contributed by atoms with Gasteiger partial charge >= 0.3 is 0 Å². The lowest BCUT2D eigenvalue weighted by Crippen LogP contribution is -2.68. The second-order valence-corrected chi connectivity index (χ2v) is 18.4. The van der Waals surface area contributed by atoms with Crippen LogP contribution in [0.3, 0.4) is 0 Å². The summed E-state index contributed by atoms with van der Waals surface area (Å²) in [5, 5.41) is 71.5. The molecule has 1 saturated carbocycles. The number of hydrogen-bond donors (Lipinski definition) is 11. The van der Waals surface area contributed by atoms with E-state index < -0.39 is 108 Å². The van der Waals surface area contributed by atoms with Crippen LogP contribution < -0.4 is 22.9 Å². The number of rotatable bonds is 8. The molecule has 0 unspecified atom stereocenters. The summed E-state index contributed by atoms with van der Waals surface area (Å²) in [7, 11) is -3.66. The summed E-state index contributed by atoms with van der Waals surface area (Å²) in [6.07, 6.45) is -10.4. The highest BCUT2D eigenvalue weighted by Gasteiger charge is 2.51. The molecule has 340 valence electrons. The number of nitrogens with two attached hydrogens (primary N) is 4. The van der Waals surface area contributed by atoms with Crippen molar-refractivity contribution in [2.75, 3.05) is 39.3 Å². The number of piperidine rings is 2. The van der Waals surface area contributed by atoms with Gasteiger partial charge in [-0.25, -0.2) is 0 Å². The van der Waals surface area contributed by atoms with Crippen molar-refractivity contribution in [3.63, 3.8) is 0 Å². The van der Waals surface area contributed by atoms with E-state index in [0.717, 1.165) is 31.5 Å². The summed E-state index contributed by atoms with van der Waals surface area (Å²) in [6, 6.07) is 4.70. The third-order valence-corrected chi connectivity index (χ3v) is 14.1. The number of nitrogens with zero attached hydrogens (tertiary/aromatic N) is 3. The zero-order valence-corrected chi connectivity index (χ0v) is 35.1. The van der Waals surface area contributed by atoms with Crippen molar-refractivity contribution in [3.8, 4) is 0 Å². The summed E-state index contributed by atoms with van der Waals surface area (Å²) >= 11 is 5.95. The van der Waals surface area contributed by atoms with E-state index in [-0.39, 0.29) is 13.0 Å². The molecule has 4 saturated heterocycles. The van der Waals surface area contributed by atoms with Gasteiger partial charge in [-0.1, -0.05) is 30.2 Å². The highest BCUT2D eigenvalue weighted by Crippen LogP contribution is 2.36. The molecule has 0 aromatic heterocycles. The monoisotopic (exact) mass is 891 g/mol. The van der Waals surface area contributed by atoms with Gasteiger partial charge in [0.15, 0.2) is 12.6 Å². The first-order valence-electron chi connectivity index (χ1n) is 20.6. The van der Waals surface area contributed by atoms with Crippen molar-refractivity contribution in [2.24, 2.45) is 27.3 Å². The number of likely N-dealkylation sites (tertiary alicyclic amines) is 2. The molecule has 5 fully saturated rings. The Morgan fingerprint density at radius 3 is 1.92 bits per heavy atom. The summed E-state index contributed by atoms with van der Waals surface area (Å²) in [5.74, 6) is 0.622. The van der Waals surface area contributed by atoms with Crippen LogP contribution in [0.25, 0.3) is 4.91 Å². The maximum absolute atomic E-state index is 12.7. The predicted octanol–water partition coefficient (Wildman–Crippen LogP) is -3.53. The number of hydrogen-bond acceptors (Lipinski definition) is 19. The van der Waals surface area contributed by atoms with E-state index in [9.17, 15) is 44.2 Å². The molecule has 6 aliphatic rings. The van der Waals surface area contributed by atoms with Crippen molar-refractivity contribution in [2.45, 2.75) is 143 Å². The van der Waals surface area contributed by atoms with E-state index in [1.165, 1.54) is 32.4 Å². The third kappa shape index (κ3) is 10.2. The minimum absolute atomic E-state index is 0.0849. The quantitative estimate of drug-likeness (QED) is 0.120. The van der Waals surface area contributed by atoms with Crippen LogP contribution in [0.2, 0.25) is 5.02 Å². The molecule has 1 aromatic carbocycles. The molecular weight excluding hydrogens is 830 g/mol. The standard InChI is InChI=1S/C20H26ClN3O2S.C18H36N4O11/c1-15-19(16-5-7-17(21)8-6-16)27(25,26)22-20(15)24-13-9-18(10-14-24)23-11-3-2-4-12-23;19-2-6-10(25)12(27)13(28)18(30-6)33-16-5(21)1-4(20)15(14(16)29)32-17-11(26)8(22)9(24)7(3-23)31-17/h5-8,18H,2-4,9-14H2,1H3;4-18,23-29H,1-3,19-22H2/t;4-,5+,6-,7-,8+,9-,10-,11-,12+,13-,14-,15+,16-,17-,18-/m.1/s1. The Kier molecular flexibility index (Phi) is 16.0. The van der Waals surface area contributed by atoms with E-state index >= 15 is 0 Å². The fourth-order valence-electron chi connectivity index (χ4n) is 8.91. The van der Waals surface area contributed by atoms with E-state index in [2.05, 4.69) is 14.2 Å². The van der Waals surface area contributed by atoms with Crippen LogP contribution >= 0.6 is 11.6 Å². The Morgan fingerprint density at radius 1 is 0.783 bits per heavy atom. The first kappa shape index (κ1) is 47.5. The topological polar surface area (TPSA) is 336 Å². The molecule has 60 heavy (non-hydrogen) atoms. The second-order valence-electron chi connectivity index (χ2n) is 16.5. The van der Waals surface area contributed by atoms with Crippen LogP contribution in [0.4, 0.5) is 0 Å². The smallest absolute Gasteiger partial charge is 0.285 e. The first-order chi connectivity index (χ1) is 28.5. The molecular formula is C38H62ClN7O13S. The summed E-state index contributed by atoms with van der Waals surface area (Å²) in [4.78, 5) is 5.08. The number of aliphatic hydroxyl groups is 7. The van der Waals surface area contributed by atoms with E-state index in [1.54, 1.807) is 24.3 Å². The molecule has 1 aromatic rings. The Hall–Kier alpha value is -1.97. The van der Waals surface area contributed by atoms with Crippen molar-refractivity contribution in [1.82, 2.24) is 9.80 Å². The molecule has 1 aliphatic carbocycles. The lowest BCUT2D eigenvalue weighted by Gasteiger charge is -2.48. The predicted molar refractivity (Wildman–Crippen MR) is 218 cm³/mol. The van der Waals surface area contributed by atoms with E-state index in [0.29, 0.717) is 27.4 Å². The minimum Gasteiger partial charge on any atom is -0.394 e. The molecule has 22 heteroatoms. The molecule has 20 nitrogen and oxygen atoms in total. The third-order valence-electron chi connectivity index (χ3n) is 12.4. The summed E-state index contributed by atoms with van der Waals surface area (Å²) in [5.41, 5.74) is 24.9. The Morgan fingerprint density at radius 2 is 1.35 bits per heavy atom. The molecule has 7 rings (SSSR count). The second kappa shape index (κ2) is 20.2. The normalized spacial score (nSPS) is 40.5. The van der Waals surface area contributed by atoms with Crippen LogP contribution in [0.1, 0.15) is 51.0 Å². The molecule has 15 N–H and O–H groups in total. The van der Waals surface area contributed by atoms with E-state index in [1.807, 2.05) is 6.92 Å². The zero-order chi connectivity index (χ0) is 43.6. The van der Waals surface area contributed by atoms with Gasteiger partial charge in [0.2, 0.25) is 0 Å². The number of ether oxygens (including phenoxy) is 4. The Bertz CT molecular complexity index is 1700. The van der Waals surface area contributed by atoms with Gasteiger partial charge in [-0.2, -0.15) is 8.42 Å². The van der Waals surface area contributed by atoms with Gasteiger partial charge in [0.1, 0.15) is 71.8 Å². The number of aliphatic hydroxyl groups excluding tert-OH is 7. The zero-order valence-electron chi connectivity index (χ0n) is 33.5. The lowest BCUT2D eigenvalue weighted by atomic mass is 9.84. The van der Waals surface area contributed by atoms with Crippen molar-refractivity contribution in [1.29, 1.82) is 0 Å². The van der Waals surface area contributed by atoms with Crippen molar-refractivity contribution >= 4 is 32.4 Å². The fraction of sp³-hybridized carbons (Fsp3) is 0.763. The molecule has 5 heterocycles. The Balaban J connectivity index is 0.000000205. The van der Waals surface area contributed by atoms with Gasteiger partial charge in [0.05, 0.1) is 12.6 Å². The summed E-state index contributed by atoms with van der Waals surface area (Å²) in [6.45, 7) is 5.24. The first-order valence-corrected chi connectivity index (χ1v) is 22.4. The van der Waals surface area contributed by atoms with Gasteiger partial charge in [0.25, 0.3) is 10.0 Å². The van der Waals surface area contributed by atoms with Crippen LogP contribution in [-0.2, 0) is 29.0 Å². The van der Waals surface area contributed by atoms with Crippen LogP contribution in [-0.4, -0.2) is 197 Å². The van der Waals surface area contributed by atoms with Gasteiger partial charge in [0, 0.05) is 48.4 Å². The molecule has 0 radical (unpaired) electrons. The number of amidine groups is 1. The Labute approximate surface area is 354 Å². The molecule has 0 spiro atoms. The molecule has 15 atom stereocenters. The van der Waals surface area contributed by atoms with Gasteiger partial charge in [-0.3, -0.25) is 0 Å².